The first-order valence-electron chi connectivity index (χ1n) is 8.63. The molecule has 1 aromatic rings. The van der Waals surface area contributed by atoms with Crippen molar-refractivity contribution in [2.45, 2.75) is 52.4 Å². The fourth-order valence-corrected chi connectivity index (χ4v) is 3.71. The fraction of sp³-hybridized carbons (Fsp3) is 0.579. The molecule has 23 heavy (non-hydrogen) atoms. The maximum Gasteiger partial charge on any atom is 0.317 e. The highest BCUT2D eigenvalue weighted by Crippen LogP contribution is 2.47. The second kappa shape index (κ2) is 6.34. The fourth-order valence-electron chi connectivity index (χ4n) is 3.71. The summed E-state index contributed by atoms with van der Waals surface area (Å²) in [6.45, 7) is 5.07. The molecule has 0 unspecified atom stereocenters. The Balaban J connectivity index is 1.66. The first kappa shape index (κ1) is 16.0. The molecule has 1 aromatic carbocycles. The van der Waals surface area contributed by atoms with Gasteiger partial charge >= 0.3 is 5.97 Å². The molecule has 0 aromatic heterocycles. The summed E-state index contributed by atoms with van der Waals surface area (Å²) >= 11 is 0. The quantitative estimate of drug-likeness (QED) is 0.611. The molecular weight excluding hydrogens is 290 g/mol. The second-order valence-electron chi connectivity index (χ2n) is 7.26. The number of anilines is 1. The van der Waals surface area contributed by atoms with Crippen LogP contribution >= 0.6 is 0 Å². The van der Waals surface area contributed by atoms with Crippen molar-refractivity contribution in [2.24, 2.45) is 11.3 Å². The number of benzene rings is 1. The number of amides is 1. The van der Waals surface area contributed by atoms with E-state index in [1.807, 2.05) is 12.1 Å². The number of hydrogen-bond donors (Lipinski definition) is 0. The van der Waals surface area contributed by atoms with Crippen molar-refractivity contribution in [2.75, 3.05) is 11.4 Å². The third kappa shape index (κ3) is 3.26. The number of carbonyl (C=O) groups excluding carboxylic acids is 2. The van der Waals surface area contributed by atoms with E-state index in [9.17, 15) is 9.59 Å². The molecule has 1 saturated heterocycles. The van der Waals surface area contributed by atoms with Gasteiger partial charge < -0.3 is 9.64 Å². The Morgan fingerprint density at radius 2 is 1.91 bits per heavy atom. The molecule has 2 aliphatic rings. The monoisotopic (exact) mass is 315 g/mol. The van der Waals surface area contributed by atoms with Gasteiger partial charge in [-0.05, 0) is 55.9 Å². The molecule has 1 heterocycles. The van der Waals surface area contributed by atoms with Crippen LogP contribution in [-0.2, 0) is 9.59 Å². The molecule has 0 N–H and O–H groups in total. The zero-order chi connectivity index (χ0) is 16.4. The molecular formula is C19H25NO3. The lowest BCUT2D eigenvalue weighted by Gasteiger charge is -2.40. The lowest BCUT2D eigenvalue weighted by Crippen LogP contribution is -2.42. The van der Waals surface area contributed by atoms with Gasteiger partial charge in [0.25, 0.3) is 0 Å². The third-order valence-electron chi connectivity index (χ3n) is 4.98. The largest absolute Gasteiger partial charge is 0.426 e. The van der Waals surface area contributed by atoms with Crippen LogP contribution in [0.3, 0.4) is 0 Å². The van der Waals surface area contributed by atoms with Crippen LogP contribution in [0.5, 0.6) is 5.75 Å². The van der Waals surface area contributed by atoms with Gasteiger partial charge in [0, 0.05) is 18.7 Å². The van der Waals surface area contributed by atoms with Gasteiger partial charge in [-0.3, -0.25) is 9.59 Å². The maximum atomic E-state index is 12.6. The summed E-state index contributed by atoms with van der Waals surface area (Å²) in [6, 6.07) is 7.31. The summed E-state index contributed by atoms with van der Waals surface area (Å²) in [5.41, 5.74) is 0.602. The van der Waals surface area contributed by atoms with Gasteiger partial charge in [0.2, 0.25) is 5.91 Å². The number of hydrogen-bond acceptors (Lipinski definition) is 3. The van der Waals surface area contributed by atoms with Gasteiger partial charge in [0.05, 0.1) is 5.41 Å². The normalized spacial score (nSPS) is 19.8. The smallest absolute Gasteiger partial charge is 0.317 e. The predicted octanol–water partition coefficient (Wildman–Crippen LogP) is 3.94. The molecule has 0 spiro atoms. The average Bonchev–Trinajstić information content (AvgIpc) is 2.89. The van der Waals surface area contributed by atoms with Crippen LogP contribution in [-0.4, -0.2) is 18.4 Å². The molecule has 4 heteroatoms. The Labute approximate surface area is 137 Å². The molecule has 1 aliphatic heterocycles. The van der Waals surface area contributed by atoms with E-state index in [0.717, 1.165) is 44.3 Å². The van der Waals surface area contributed by atoms with E-state index in [1.54, 1.807) is 17.0 Å². The molecule has 0 radical (unpaired) electrons. The van der Waals surface area contributed by atoms with Crippen molar-refractivity contribution < 1.29 is 14.3 Å². The van der Waals surface area contributed by atoms with Crippen LogP contribution in [0.15, 0.2) is 24.3 Å². The Hall–Kier alpha value is -1.84. The van der Waals surface area contributed by atoms with E-state index in [-0.39, 0.29) is 17.3 Å². The highest BCUT2D eigenvalue weighted by atomic mass is 16.5. The number of ether oxygens (including phenoxy) is 1. The first-order valence-corrected chi connectivity index (χ1v) is 8.63. The van der Waals surface area contributed by atoms with Crippen molar-refractivity contribution in [1.29, 1.82) is 0 Å². The standard InChI is InChI=1S/C19H25NO3/c1-14(2)13-19(10-4-11-19)18(22)23-16-8-6-15(7-9-16)20-12-3-5-17(20)21/h6-9,14H,3-5,10-13H2,1-2H3. The number of rotatable bonds is 5. The van der Waals surface area contributed by atoms with E-state index in [4.69, 9.17) is 4.74 Å². The second-order valence-corrected chi connectivity index (χ2v) is 7.26. The zero-order valence-electron chi connectivity index (χ0n) is 14.0. The van der Waals surface area contributed by atoms with E-state index < -0.39 is 0 Å². The molecule has 124 valence electrons. The van der Waals surface area contributed by atoms with Crippen LogP contribution in [0, 0.1) is 11.3 Å². The highest BCUT2D eigenvalue weighted by molar-refractivity contribution is 5.95. The number of carbonyl (C=O) groups is 2. The summed E-state index contributed by atoms with van der Waals surface area (Å²) in [5.74, 6) is 1.13. The van der Waals surface area contributed by atoms with Crippen molar-refractivity contribution in [3.63, 3.8) is 0 Å². The molecule has 3 rings (SSSR count). The van der Waals surface area contributed by atoms with Gasteiger partial charge in [0.1, 0.15) is 5.75 Å². The summed E-state index contributed by atoms with van der Waals surface area (Å²) in [4.78, 5) is 26.1. The lowest BCUT2D eigenvalue weighted by molar-refractivity contribution is -0.152. The summed E-state index contributed by atoms with van der Waals surface area (Å²) in [7, 11) is 0. The van der Waals surface area contributed by atoms with E-state index >= 15 is 0 Å². The lowest BCUT2D eigenvalue weighted by atomic mass is 9.64. The SMILES string of the molecule is CC(C)CC1(C(=O)Oc2ccc(N3CCCC3=O)cc2)CCC1. The molecule has 1 saturated carbocycles. The van der Waals surface area contributed by atoms with E-state index in [0.29, 0.717) is 18.1 Å². The van der Waals surface area contributed by atoms with Gasteiger partial charge in [-0.2, -0.15) is 0 Å². The maximum absolute atomic E-state index is 12.6. The van der Waals surface area contributed by atoms with Gasteiger partial charge in [0.15, 0.2) is 0 Å². The molecule has 0 atom stereocenters. The molecule has 2 fully saturated rings. The average molecular weight is 315 g/mol. The van der Waals surface area contributed by atoms with Gasteiger partial charge in [-0.1, -0.05) is 20.3 Å². The number of esters is 1. The molecule has 1 amide bonds. The molecule has 1 aliphatic carbocycles. The predicted molar refractivity (Wildman–Crippen MR) is 89.4 cm³/mol. The molecule has 4 nitrogen and oxygen atoms in total. The van der Waals surface area contributed by atoms with Gasteiger partial charge in [-0.15, -0.1) is 0 Å². The van der Waals surface area contributed by atoms with Crippen molar-refractivity contribution in [3.05, 3.63) is 24.3 Å². The topological polar surface area (TPSA) is 46.6 Å². The Morgan fingerprint density at radius 3 is 2.39 bits per heavy atom. The van der Waals surface area contributed by atoms with E-state index in [1.165, 1.54) is 0 Å². The minimum Gasteiger partial charge on any atom is -0.426 e. The third-order valence-corrected chi connectivity index (χ3v) is 4.98. The van der Waals surface area contributed by atoms with Crippen molar-refractivity contribution >= 4 is 17.6 Å². The molecule has 0 bridgehead atoms. The summed E-state index contributed by atoms with van der Waals surface area (Å²) in [5, 5.41) is 0. The zero-order valence-corrected chi connectivity index (χ0v) is 14.0. The highest BCUT2D eigenvalue weighted by Gasteiger charge is 2.45. The van der Waals surface area contributed by atoms with Crippen LogP contribution in [0.4, 0.5) is 5.69 Å². The van der Waals surface area contributed by atoms with Crippen molar-refractivity contribution in [1.82, 2.24) is 0 Å². The summed E-state index contributed by atoms with van der Waals surface area (Å²) < 4.78 is 5.62. The van der Waals surface area contributed by atoms with E-state index in [2.05, 4.69) is 13.8 Å². The van der Waals surface area contributed by atoms with Crippen LogP contribution < -0.4 is 9.64 Å². The van der Waals surface area contributed by atoms with Crippen LogP contribution in [0.25, 0.3) is 0 Å². The van der Waals surface area contributed by atoms with Gasteiger partial charge in [-0.25, -0.2) is 0 Å². The summed E-state index contributed by atoms with van der Waals surface area (Å²) in [6.07, 6.45) is 5.40. The minimum absolute atomic E-state index is 0.0950. The first-order chi connectivity index (χ1) is 11.0. The Bertz CT molecular complexity index is 587. The Kier molecular flexibility index (Phi) is 4.42. The minimum atomic E-state index is -0.280. The van der Waals surface area contributed by atoms with Crippen LogP contribution in [0.2, 0.25) is 0 Å². The van der Waals surface area contributed by atoms with Crippen molar-refractivity contribution in [3.8, 4) is 5.75 Å². The van der Waals surface area contributed by atoms with Crippen LogP contribution in [0.1, 0.15) is 52.4 Å². The number of nitrogens with zero attached hydrogens (tertiary/aromatic N) is 1. The Morgan fingerprint density at radius 1 is 1.22 bits per heavy atom.